The van der Waals surface area contributed by atoms with E-state index in [0.29, 0.717) is 24.5 Å². The molecule has 1 rings (SSSR count). The molecular formula is C13H18N2O2S. The van der Waals surface area contributed by atoms with Crippen LogP contribution in [0.25, 0.3) is 0 Å². The summed E-state index contributed by atoms with van der Waals surface area (Å²) in [7, 11) is 3.30. The molecule has 0 heterocycles. The average molecular weight is 266 g/mol. The molecular weight excluding hydrogens is 248 g/mol. The minimum atomic E-state index is -0.195. The Morgan fingerprint density at radius 1 is 1.39 bits per heavy atom. The zero-order valence-corrected chi connectivity index (χ0v) is 11.5. The number of nitrogens with zero attached hydrogens (tertiary/aromatic N) is 1. The number of hydrogen-bond donors (Lipinski definition) is 1. The van der Waals surface area contributed by atoms with Crippen molar-refractivity contribution in [3.8, 4) is 0 Å². The van der Waals surface area contributed by atoms with Gasteiger partial charge < -0.3 is 15.0 Å². The van der Waals surface area contributed by atoms with Crippen LogP contribution in [0.3, 0.4) is 0 Å². The van der Waals surface area contributed by atoms with Gasteiger partial charge in [-0.2, -0.15) is 0 Å². The van der Waals surface area contributed by atoms with Crippen LogP contribution in [0, 0.1) is 0 Å². The number of ether oxygens (including phenoxy) is 1. The van der Waals surface area contributed by atoms with Gasteiger partial charge in [0.05, 0.1) is 7.11 Å². The minimum absolute atomic E-state index is 0.195. The number of benzene rings is 1. The van der Waals surface area contributed by atoms with Gasteiger partial charge in [-0.25, -0.2) is 0 Å². The lowest BCUT2D eigenvalue weighted by atomic mass is 10.3. The lowest BCUT2D eigenvalue weighted by Crippen LogP contribution is -2.37. The van der Waals surface area contributed by atoms with Gasteiger partial charge in [0.1, 0.15) is 0 Å². The number of methoxy groups -OCH3 is 1. The largest absolute Gasteiger partial charge is 0.469 e. The van der Waals surface area contributed by atoms with Crippen molar-refractivity contribution in [2.45, 2.75) is 12.8 Å². The third kappa shape index (κ3) is 4.71. The first-order valence-electron chi connectivity index (χ1n) is 5.78. The molecule has 1 N–H and O–H groups in total. The second-order valence-electron chi connectivity index (χ2n) is 3.81. The Morgan fingerprint density at radius 2 is 2.06 bits per heavy atom. The molecule has 0 unspecified atom stereocenters. The lowest BCUT2D eigenvalue weighted by molar-refractivity contribution is -0.140. The normalized spacial score (nSPS) is 9.67. The number of anilines is 1. The molecule has 4 nitrogen and oxygen atoms in total. The van der Waals surface area contributed by atoms with E-state index in [1.54, 1.807) is 0 Å². The Morgan fingerprint density at radius 3 is 2.67 bits per heavy atom. The average Bonchev–Trinajstić information content (AvgIpc) is 2.43. The summed E-state index contributed by atoms with van der Waals surface area (Å²) in [5.74, 6) is -0.195. The van der Waals surface area contributed by atoms with Crippen LogP contribution in [0.1, 0.15) is 12.8 Å². The van der Waals surface area contributed by atoms with Gasteiger partial charge in [-0.1, -0.05) is 18.2 Å². The van der Waals surface area contributed by atoms with Gasteiger partial charge in [-0.15, -0.1) is 0 Å². The number of esters is 1. The maximum atomic E-state index is 10.9. The summed E-state index contributed by atoms with van der Waals surface area (Å²) in [6.07, 6.45) is 1.11. The fraction of sp³-hybridized carbons (Fsp3) is 0.385. The smallest absolute Gasteiger partial charge is 0.305 e. The molecule has 0 spiro atoms. The summed E-state index contributed by atoms with van der Waals surface area (Å²) in [6.45, 7) is 0.658. The maximum absolute atomic E-state index is 10.9. The molecule has 0 aliphatic heterocycles. The van der Waals surface area contributed by atoms with E-state index >= 15 is 0 Å². The highest BCUT2D eigenvalue weighted by atomic mass is 32.1. The third-order valence-corrected chi connectivity index (χ3v) is 2.93. The zero-order chi connectivity index (χ0) is 13.4. The molecule has 0 aromatic heterocycles. The molecule has 0 aliphatic rings. The fourth-order valence-corrected chi connectivity index (χ4v) is 1.63. The van der Waals surface area contributed by atoms with E-state index in [4.69, 9.17) is 12.2 Å². The van der Waals surface area contributed by atoms with Crippen molar-refractivity contribution >= 4 is 29.0 Å². The molecule has 1 aromatic carbocycles. The fourth-order valence-electron chi connectivity index (χ4n) is 1.42. The summed E-state index contributed by atoms with van der Waals surface area (Å²) < 4.78 is 4.56. The van der Waals surface area contributed by atoms with Crippen molar-refractivity contribution in [1.82, 2.24) is 5.32 Å². The highest BCUT2D eigenvalue weighted by Gasteiger charge is 2.06. The van der Waals surface area contributed by atoms with Crippen LogP contribution in [0.15, 0.2) is 30.3 Å². The van der Waals surface area contributed by atoms with Crippen molar-refractivity contribution in [3.05, 3.63) is 30.3 Å². The van der Waals surface area contributed by atoms with Crippen LogP contribution in [0.2, 0.25) is 0 Å². The molecule has 0 amide bonds. The molecule has 18 heavy (non-hydrogen) atoms. The summed E-state index contributed by atoms with van der Waals surface area (Å²) >= 11 is 5.26. The molecule has 1 aromatic rings. The van der Waals surface area contributed by atoms with E-state index in [2.05, 4.69) is 10.1 Å². The van der Waals surface area contributed by atoms with E-state index in [9.17, 15) is 4.79 Å². The molecule has 0 radical (unpaired) electrons. The van der Waals surface area contributed by atoms with E-state index in [1.165, 1.54) is 7.11 Å². The molecule has 5 heteroatoms. The SMILES string of the molecule is COC(=O)CCCNC(=S)N(C)c1ccccc1. The van der Waals surface area contributed by atoms with Gasteiger partial charge in [-0.3, -0.25) is 4.79 Å². The van der Waals surface area contributed by atoms with Gasteiger partial charge in [-0.05, 0) is 30.8 Å². The zero-order valence-electron chi connectivity index (χ0n) is 10.7. The first kappa shape index (κ1) is 14.4. The number of para-hydroxylation sites is 1. The summed E-state index contributed by atoms with van der Waals surface area (Å²) in [5.41, 5.74) is 1.03. The highest BCUT2D eigenvalue weighted by molar-refractivity contribution is 7.80. The van der Waals surface area contributed by atoms with Gasteiger partial charge in [0, 0.05) is 25.7 Å². The first-order chi connectivity index (χ1) is 8.65. The number of thiocarbonyl (C=S) groups is 1. The van der Waals surface area contributed by atoms with Crippen LogP contribution in [0.4, 0.5) is 5.69 Å². The third-order valence-electron chi connectivity index (χ3n) is 2.51. The minimum Gasteiger partial charge on any atom is -0.469 e. The van der Waals surface area contributed by atoms with Crippen molar-refractivity contribution in [2.75, 3.05) is 25.6 Å². The van der Waals surface area contributed by atoms with Crippen LogP contribution < -0.4 is 10.2 Å². The molecule has 0 saturated heterocycles. The predicted molar refractivity (Wildman–Crippen MR) is 76.7 cm³/mol. The molecule has 0 fully saturated rings. The lowest BCUT2D eigenvalue weighted by Gasteiger charge is -2.20. The Hall–Kier alpha value is -1.62. The Bertz CT molecular complexity index is 395. The number of carbonyl (C=O) groups is 1. The summed E-state index contributed by atoms with van der Waals surface area (Å²) in [5, 5.41) is 3.75. The van der Waals surface area contributed by atoms with Crippen LogP contribution in [-0.2, 0) is 9.53 Å². The first-order valence-corrected chi connectivity index (χ1v) is 6.19. The van der Waals surface area contributed by atoms with Gasteiger partial charge in [0.15, 0.2) is 5.11 Å². The van der Waals surface area contributed by atoms with Crippen molar-refractivity contribution < 1.29 is 9.53 Å². The van der Waals surface area contributed by atoms with Gasteiger partial charge >= 0.3 is 5.97 Å². The maximum Gasteiger partial charge on any atom is 0.305 e. The second-order valence-corrected chi connectivity index (χ2v) is 4.19. The summed E-state index contributed by atoms with van der Waals surface area (Å²) in [6, 6.07) is 9.87. The van der Waals surface area contributed by atoms with E-state index in [-0.39, 0.29) is 5.97 Å². The highest BCUT2D eigenvalue weighted by Crippen LogP contribution is 2.10. The van der Waals surface area contributed by atoms with Crippen LogP contribution in [0.5, 0.6) is 0 Å². The second kappa shape index (κ2) is 7.66. The number of rotatable bonds is 5. The monoisotopic (exact) mass is 266 g/mol. The van der Waals surface area contributed by atoms with Gasteiger partial charge in [0.2, 0.25) is 0 Å². The Kier molecular flexibility index (Phi) is 6.14. The van der Waals surface area contributed by atoms with Crippen LogP contribution >= 0.6 is 12.2 Å². The predicted octanol–water partition coefficient (Wildman–Crippen LogP) is 1.95. The molecule has 0 saturated carbocycles. The summed E-state index contributed by atoms with van der Waals surface area (Å²) in [4.78, 5) is 12.8. The van der Waals surface area contributed by atoms with Gasteiger partial charge in [0.25, 0.3) is 0 Å². The van der Waals surface area contributed by atoms with Crippen LogP contribution in [-0.4, -0.2) is 31.8 Å². The van der Waals surface area contributed by atoms with Crippen molar-refractivity contribution in [3.63, 3.8) is 0 Å². The molecule has 98 valence electrons. The molecule has 0 bridgehead atoms. The quantitative estimate of drug-likeness (QED) is 0.501. The Labute approximate surface area is 113 Å². The van der Waals surface area contributed by atoms with E-state index in [0.717, 1.165) is 5.69 Å². The number of nitrogens with one attached hydrogen (secondary N) is 1. The van der Waals surface area contributed by atoms with E-state index in [1.807, 2.05) is 42.3 Å². The Balaban J connectivity index is 2.31. The number of carbonyl (C=O) groups excluding carboxylic acids is 1. The topological polar surface area (TPSA) is 41.6 Å². The standard InChI is InChI=1S/C13H18N2O2S/c1-15(11-7-4-3-5-8-11)13(18)14-10-6-9-12(16)17-2/h3-5,7-8H,6,9-10H2,1-2H3,(H,14,18). The molecule has 0 atom stereocenters. The van der Waals surface area contributed by atoms with E-state index < -0.39 is 0 Å². The molecule has 0 aliphatic carbocycles. The van der Waals surface area contributed by atoms with Crippen molar-refractivity contribution in [1.29, 1.82) is 0 Å². The number of hydrogen-bond acceptors (Lipinski definition) is 3. The van der Waals surface area contributed by atoms with Crippen molar-refractivity contribution in [2.24, 2.45) is 0 Å².